The first-order chi connectivity index (χ1) is 9.10. The molecule has 0 atom stereocenters. The Kier molecular flexibility index (Phi) is 3.66. The van der Waals surface area contributed by atoms with Gasteiger partial charge in [0.1, 0.15) is 11.6 Å². The largest absolute Gasteiger partial charge is 0.495 e. The highest BCUT2D eigenvalue weighted by atomic mass is 19.1. The standard InChI is InChI=1S/C14H13FN2O2/c1-19-13-6-5-10(15)8-12(13)17-14(18)9-3-2-4-11(16)7-9/h2-8H,16H2,1H3,(H,17,18). The van der Waals surface area contributed by atoms with Crippen LogP contribution in [0.5, 0.6) is 5.75 Å². The van der Waals surface area contributed by atoms with Gasteiger partial charge in [-0.05, 0) is 30.3 Å². The van der Waals surface area contributed by atoms with E-state index in [-0.39, 0.29) is 11.6 Å². The Bertz CT molecular complexity index is 614. The summed E-state index contributed by atoms with van der Waals surface area (Å²) in [7, 11) is 1.45. The highest BCUT2D eigenvalue weighted by molar-refractivity contribution is 6.05. The predicted molar refractivity (Wildman–Crippen MR) is 71.8 cm³/mol. The fraction of sp³-hybridized carbons (Fsp3) is 0.0714. The van der Waals surface area contributed by atoms with E-state index in [0.717, 1.165) is 0 Å². The molecule has 5 heteroatoms. The van der Waals surface area contributed by atoms with Crippen molar-refractivity contribution in [2.45, 2.75) is 0 Å². The Morgan fingerprint density at radius 2 is 2.05 bits per heavy atom. The summed E-state index contributed by atoms with van der Waals surface area (Å²) in [4.78, 5) is 12.0. The Morgan fingerprint density at radius 3 is 2.74 bits per heavy atom. The number of anilines is 2. The summed E-state index contributed by atoms with van der Waals surface area (Å²) in [6.45, 7) is 0. The van der Waals surface area contributed by atoms with Crippen LogP contribution in [0.2, 0.25) is 0 Å². The number of ether oxygens (including phenoxy) is 1. The third-order valence-corrected chi connectivity index (χ3v) is 2.56. The van der Waals surface area contributed by atoms with E-state index in [4.69, 9.17) is 10.5 Å². The molecule has 19 heavy (non-hydrogen) atoms. The number of carbonyl (C=O) groups is 1. The highest BCUT2D eigenvalue weighted by Gasteiger charge is 2.10. The van der Waals surface area contributed by atoms with Crippen LogP contribution >= 0.6 is 0 Å². The molecular weight excluding hydrogens is 247 g/mol. The molecule has 0 aromatic heterocycles. The van der Waals surface area contributed by atoms with Gasteiger partial charge >= 0.3 is 0 Å². The number of nitrogens with one attached hydrogen (secondary N) is 1. The van der Waals surface area contributed by atoms with Gasteiger partial charge in [0.25, 0.3) is 5.91 Å². The molecule has 0 radical (unpaired) electrons. The molecule has 2 rings (SSSR count). The molecule has 0 unspecified atom stereocenters. The molecule has 4 nitrogen and oxygen atoms in total. The minimum Gasteiger partial charge on any atom is -0.495 e. The molecule has 1 amide bonds. The van der Waals surface area contributed by atoms with Crippen LogP contribution < -0.4 is 15.8 Å². The molecule has 0 aliphatic heterocycles. The van der Waals surface area contributed by atoms with Crippen LogP contribution in [0.3, 0.4) is 0 Å². The molecule has 0 spiro atoms. The molecule has 0 fully saturated rings. The minimum absolute atomic E-state index is 0.273. The summed E-state index contributed by atoms with van der Waals surface area (Å²) in [5.74, 6) is -0.446. The molecule has 98 valence electrons. The monoisotopic (exact) mass is 260 g/mol. The van der Waals surface area contributed by atoms with E-state index >= 15 is 0 Å². The van der Waals surface area contributed by atoms with Crippen molar-refractivity contribution in [2.75, 3.05) is 18.2 Å². The van der Waals surface area contributed by atoms with Crippen molar-refractivity contribution in [3.63, 3.8) is 0 Å². The molecule has 2 aromatic rings. The first-order valence-electron chi connectivity index (χ1n) is 5.60. The van der Waals surface area contributed by atoms with Gasteiger partial charge < -0.3 is 15.8 Å². The minimum atomic E-state index is -0.455. The fourth-order valence-electron chi connectivity index (χ4n) is 1.65. The van der Waals surface area contributed by atoms with Crippen molar-refractivity contribution < 1.29 is 13.9 Å². The van der Waals surface area contributed by atoms with E-state index in [1.54, 1.807) is 24.3 Å². The van der Waals surface area contributed by atoms with Crippen LogP contribution in [0.25, 0.3) is 0 Å². The summed E-state index contributed by atoms with van der Waals surface area (Å²) in [6, 6.07) is 10.4. The average molecular weight is 260 g/mol. The zero-order valence-corrected chi connectivity index (χ0v) is 10.3. The maximum absolute atomic E-state index is 13.2. The zero-order valence-electron chi connectivity index (χ0n) is 10.3. The highest BCUT2D eigenvalue weighted by Crippen LogP contribution is 2.25. The summed E-state index contributed by atoms with van der Waals surface area (Å²) < 4.78 is 18.2. The number of benzene rings is 2. The van der Waals surface area contributed by atoms with Gasteiger partial charge in [0.15, 0.2) is 0 Å². The number of nitrogen functional groups attached to an aromatic ring is 1. The number of nitrogens with two attached hydrogens (primary N) is 1. The number of hydrogen-bond acceptors (Lipinski definition) is 3. The van der Waals surface area contributed by atoms with Gasteiger partial charge in [-0.25, -0.2) is 4.39 Å². The Balaban J connectivity index is 2.26. The Morgan fingerprint density at radius 1 is 1.26 bits per heavy atom. The van der Waals surface area contributed by atoms with E-state index in [2.05, 4.69) is 5.32 Å². The third kappa shape index (κ3) is 3.01. The number of carbonyl (C=O) groups excluding carboxylic acids is 1. The maximum atomic E-state index is 13.2. The van der Waals surface area contributed by atoms with Crippen LogP contribution in [-0.4, -0.2) is 13.0 Å². The van der Waals surface area contributed by atoms with Crippen molar-refractivity contribution in [1.29, 1.82) is 0 Å². The molecule has 3 N–H and O–H groups in total. The lowest BCUT2D eigenvalue weighted by Gasteiger charge is -2.10. The lowest BCUT2D eigenvalue weighted by atomic mass is 10.2. The van der Waals surface area contributed by atoms with E-state index < -0.39 is 5.82 Å². The van der Waals surface area contributed by atoms with E-state index in [1.807, 2.05) is 0 Å². The second-order valence-corrected chi connectivity index (χ2v) is 3.92. The van der Waals surface area contributed by atoms with E-state index in [0.29, 0.717) is 17.0 Å². The van der Waals surface area contributed by atoms with Crippen LogP contribution in [0, 0.1) is 5.82 Å². The molecule has 0 aliphatic carbocycles. The van der Waals surface area contributed by atoms with Gasteiger partial charge in [0, 0.05) is 17.3 Å². The molecule has 0 heterocycles. The maximum Gasteiger partial charge on any atom is 0.255 e. The molecular formula is C14H13FN2O2. The van der Waals surface area contributed by atoms with Gasteiger partial charge in [0.2, 0.25) is 0 Å². The number of hydrogen-bond donors (Lipinski definition) is 2. The Labute approximate surface area is 110 Å². The van der Waals surface area contributed by atoms with E-state index in [1.165, 1.54) is 25.3 Å². The van der Waals surface area contributed by atoms with Crippen molar-refractivity contribution >= 4 is 17.3 Å². The second-order valence-electron chi connectivity index (χ2n) is 3.92. The third-order valence-electron chi connectivity index (χ3n) is 2.56. The van der Waals surface area contributed by atoms with Crippen LogP contribution in [0.1, 0.15) is 10.4 Å². The van der Waals surface area contributed by atoms with Crippen LogP contribution in [0.15, 0.2) is 42.5 Å². The van der Waals surface area contributed by atoms with Gasteiger partial charge in [0.05, 0.1) is 12.8 Å². The van der Waals surface area contributed by atoms with Crippen LogP contribution in [-0.2, 0) is 0 Å². The summed E-state index contributed by atoms with van der Waals surface area (Å²) in [5, 5.41) is 2.59. The number of halogens is 1. The van der Waals surface area contributed by atoms with Gasteiger partial charge in [-0.1, -0.05) is 6.07 Å². The number of rotatable bonds is 3. The average Bonchev–Trinajstić information content (AvgIpc) is 2.39. The van der Waals surface area contributed by atoms with Crippen molar-refractivity contribution in [2.24, 2.45) is 0 Å². The van der Waals surface area contributed by atoms with Crippen LogP contribution in [0.4, 0.5) is 15.8 Å². The SMILES string of the molecule is COc1ccc(F)cc1NC(=O)c1cccc(N)c1. The van der Waals surface area contributed by atoms with E-state index in [9.17, 15) is 9.18 Å². The number of methoxy groups -OCH3 is 1. The first-order valence-corrected chi connectivity index (χ1v) is 5.60. The molecule has 0 bridgehead atoms. The smallest absolute Gasteiger partial charge is 0.255 e. The zero-order chi connectivity index (χ0) is 13.8. The normalized spacial score (nSPS) is 10.0. The number of amides is 1. The second kappa shape index (κ2) is 5.39. The predicted octanol–water partition coefficient (Wildman–Crippen LogP) is 2.67. The topological polar surface area (TPSA) is 64.3 Å². The Hall–Kier alpha value is -2.56. The molecule has 0 saturated heterocycles. The van der Waals surface area contributed by atoms with Crippen molar-refractivity contribution in [1.82, 2.24) is 0 Å². The van der Waals surface area contributed by atoms with Crippen molar-refractivity contribution in [3.05, 3.63) is 53.8 Å². The van der Waals surface area contributed by atoms with Gasteiger partial charge in [-0.2, -0.15) is 0 Å². The van der Waals surface area contributed by atoms with Crippen molar-refractivity contribution in [3.8, 4) is 5.75 Å². The summed E-state index contributed by atoms with van der Waals surface area (Å²) in [6.07, 6.45) is 0. The van der Waals surface area contributed by atoms with Gasteiger partial charge in [-0.3, -0.25) is 4.79 Å². The lowest BCUT2D eigenvalue weighted by molar-refractivity contribution is 0.102. The first kappa shape index (κ1) is 12.9. The fourth-order valence-corrected chi connectivity index (χ4v) is 1.65. The molecule has 2 aromatic carbocycles. The molecule has 0 aliphatic rings. The lowest BCUT2D eigenvalue weighted by Crippen LogP contribution is -2.13. The quantitative estimate of drug-likeness (QED) is 0.834. The van der Waals surface area contributed by atoms with Gasteiger partial charge in [-0.15, -0.1) is 0 Å². The summed E-state index contributed by atoms with van der Waals surface area (Å²) >= 11 is 0. The summed E-state index contributed by atoms with van der Waals surface area (Å²) in [5.41, 5.74) is 6.76. The molecule has 0 saturated carbocycles.